The van der Waals surface area contributed by atoms with Crippen LogP contribution in [-0.2, 0) is 0 Å². The van der Waals surface area contributed by atoms with Crippen LogP contribution in [0.2, 0.25) is 0 Å². The summed E-state index contributed by atoms with van der Waals surface area (Å²) in [5.74, 6) is 0.794. The van der Waals surface area contributed by atoms with Gasteiger partial charge in [-0.3, -0.25) is 0 Å². The Hall–Kier alpha value is -0.120. The van der Waals surface area contributed by atoms with Crippen LogP contribution in [-0.4, -0.2) is 49.3 Å². The molecule has 1 rings (SSSR count). The third-order valence-electron chi connectivity index (χ3n) is 3.16. The number of hydrogen-bond acceptors (Lipinski definition) is 3. The normalized spacial score (nSPS) is 22.2. The molecule has 1 aliphatic heterocycles. The fourth-order valence-corrected chi connectivity index (χ4v) is 2.26. The number of aliphatic hydroxyl groups excluding tert-OH is 1. The average molecular weight is 214 g/mol. The summed E-state index contributed by atoms with van der Waals surface area (Å²) in [7, 11) is 0. The van der Waals surface area contributed by atoms with E-state index in [2.05, 4.69) is 17.1 Å². The molecule has 2 N–H and O–H groups in total. The molecule has 1 aliphatic rings. The van der Waals surface area contributed by atoms with Crippen molar-refractivity contribution in [1.29, 1.82) is 0 Å². The van der Waals surface area contributed by atoms with Gasteiger partial charge in [-0.05, 0) is 44.8 Å². The Labute approximate surface area is 93.9 Å². The van der Waals surface area contributed by atoms with E-state index in [4.69, 9.17) is 5.11 Å². The van der Waals surface area contributed by atoms with E-state index < -0.39 is 0 Å². The van der Waals surface area contributed by atoms with E-state index in [0.717, 1.165) is 32.1 Å². The Morgan fingerprint density at radius 3 is 2.87 bits per heavy atom. The van der Waals surface area contributed by atoms with Crippen molar-refractivity contribution in [3.63, 3.8) is 0 Å². The van der Waals surface area contributed by atoms with Crippen molar-refractivity contribution in [1.82, 2.24) is 10.2 Å². The first-order valence-electron chi connectivity index (χ1n) is 6.40. The van der Waals surface area contributed by atoms with Gasteiger partial charge in [0.2, 0.25) is 0 Å². The van der Waals surface area contributed by atoms with Crippen LogP contribution < -0.4 is 5.32 Å². The van der Waals surface area contributed by atoms with Gasteiger partial charge in [0.05, 0.1) is 6.61 Å². The molecule has 0 radical (unpaired) electrons. The van der Waals surface area contributed by atoms with E-state index in [0.29, 0.717) is 6.61 Å². The molecule has 3 heteroatoms. The Morgan fingerprint density at radius 2 is 2.27 bits per heavy atom. The van der Waals surface area contributed by atoms with Gasteiger partial charge < -0.3 is 15.3 Å². The van der Waals surface area contributed by atoms with Gasteiger partial charge in [-0.25, -0.2) is 0 Å². The van der Waals surface area contributed by atoms with Gasteiger partial charge in [-0.2, -0.15) is 0 Å². The summed E-state index contributed by atoms with van der Waals surface area (Å²) in [5.41, 5.74) is 0. The van der Waals surface area contributed by atoms with Crippen molar-refractivity contribution < 1.29 is 5.11 Å². The van der Waals surface area contributed by atoms with E-state index in [1.165, 1.54) is 32.2 Å². The lowest BCUT2D eigenvalue weighted by Gasteiger charge is -2.29. The van der Waals surface area contributed by atoms with Gasteiger partial charge in [0.25, 0.3) is 0 Å². The van der Waals surface area contributed by atoms with Crippen LogP contribution in [0.5, 0.6) is 0 Å². The first-order chi connectivity index (χ1) is 7.36. The van der Waals surface area contributed by atoms with Crippen molar-refractivity contribution in [3.05, 3.63) is 0 Å². The van der Waals surface area contributed by atoms with Crippen LogP contribution in [0, 0.1) is 5.92 Å². The summed E-state index contributed by atoms with van der Waals surface area (Å²) >= 11 is 0. The smallest absolute Gasteiger partial charge is 0.0558 e. The molecule has 0 saturated carbocycles. The third kappa shape index (κ3) is 5.50. The highest BCUT2D eigenvalue weighted by molar-refractivity contribution is 4.72. The van der Waals surface area contributed by atoms with Crippen LogP contribution in [0.1, 0.15) is 32.6 Å². The highest BCUT2D eigenvalue weighted by Crippen LogP contribution is 2.12. The maximum atomic E-state index is 9.01. The molecule has 15 heavy (non-hydrogen) atoms. The number of nitrogens with zero attached hydrogens (tertiary/aromatic N) is 1. The standard InChI is InChI=1S/C12H26N2O/c1-2-3-7-14(8-9-15)11-12-5-4-6-13-10-12/h12-13,15H,2-11H2,1H3. The van der Waals surface area contributed by atoms with Crippen molar-refractivity contribution in [2.45, 2.75) is 32.6 Å². The second-order valence-electron chi connectivity index (χ2n) is 4.59. The SMILES string of the molecule is CCCCN(CCO)CC1CCCNC1. The van der Waals surface area contributed by atoms with E-state index in [9.17, 15) is 0 Å². The molecule has 0 bridgehead atoms. The first kappa shape index (κ1) is 12.9. The molecule has 0 spiro atoms. The molecule has 0 aromatic rings. The summed E-state index contributed by atoms with van der Waals surface area (Å²) < 4.78 is 0. The van der Waals surface area contributed by atoms with Crippen LogP contribution in [0.4, 0.5) is 0 Å². The van der Waals surface area contributed by atoms with E-state index in [1.807, 2.05) is 0 Å². The molecular formula is C12H26N2O. The van der Waals surface area contributed by atoms with Crippen LogP contribution in [0.15, 0.2) is 0 Å². The van der Waals surface area contributed by atoms with Gasteiger partial charge in [0.1, 0.15) is 0 Å². The molecule has 1 heterocycles. The highest BCUT2D eigenvalue weighted by Gasteiger charge is 2.16. The Balaban J connectivity index is 2.21. The molecule has 0 aromatic heterocycles. The van der Waals surface area contributed by atoms with Crippen molar-refractivity contribution in [2.24, 2.45) is 5.92 Å². The topological polar surface area (TPSA) is 35.5 Å². The lowest BCUT2D eigenvalue weighted by Crippen LogP contribution is -2.39. The molecule has 1 atom stereocenters. The van der Waals surface area contributed by atoms with Crippen LogP contribution in [0.3, 0.4) is 0 Å². The summed E-state index contributed by atoms with van der Waals surface area (Å²) in [6.45, 7) is 8.01. The second-order valence-corrected chi connectivity index (χ2v) is 4.59. The van der Waals surface area contributed by atoms with Gasteiger partial charge in [-0.15, -0.1) is 0 Å². The molecule has 1 saturated heterocycles. The molecular weight excluding hydrogens is 188 g/mol. The zero-order chi connectivity index (χ0) is 10.9. The largest absolute Gasteiger partial charge is 0.395 e. The van der Waals surface area contributed by atoms with Gasteiger partial charge in [0, 0.05) is 13.1 Å². The summed E-state index contributed by atoms with van der Waals surface area (Å²) in [6, 6.07) is 0. The van der Waals surface area contributed by atoms with E-state index >= 15 is 0 Å². The number of piperidine rings is 1. The predicted octanol–water partition coefficient (Wildman–Crippen LogP) is 1.08. The molecule has 3 nitrogen and oxygen atoms in total. The number of nitrogens with one attached hydrogen (secondary N) is 1. The third-order valence-corrected chi connectivity index (χ3v) is 3.16. The minimum Gasteiger partial charge on any atom is -0.395 e. The van der Waals surface area contributed by atoms with Crippen LogP contribution in [0.25, 0.3) is 0 Å². The maximum Gasteiger partial charge on any atom is 0.0558 e. The second kappa shape index (κ2) is 8.08. The summed E-state index contributed by atoms with van der Waals surface area (Å²) in [6.07, 6.45) is 5.15. The fourth-order valence-electron chi connectivity index (χ4n) is 2.26. The average Bonchev–Trinajstić information content (AvgIpc) is 2.28. The lowest BCUT2D eigenvalue weighted by atomic mass is 9.99. The Morgan fingerprint density at radius 1 is 1.40 bits per heavy atom. The first-order valence-corrected chi connectivity index (χ1v) is 6.40. The number of hydrogen-bond donors (Lipinski definition) is 2. The molecule has 1 unspecified atom stereocenters. The van der Waals surface area contributed by atoms with Gasteiger partial charge >= 0.3 is 0 Å². The molecule has 0 amide bonds. The highest BCUT2D eigenvalue weighted by atomic mass is 16.3. The van der Waals surface area contributed by atoms with Gasteiger partial charge in [0.15, 0.2) is 0 Å². The maximum absolute atomic E-state index is 9.01. The molecule has 0 aromatic carbocycles. The van der Waals surface area contributed by atoms with Crippen molar-refractivity contribution in [3.8, 4) is 0 Å². The Bertz CT molecular complexity index is 147. The molecule has 0 aliphatic carbocycles. The van der Waals surface area contributed by atoms with E-state index in [-0.39, 0.29) is 0 Å². The minimum absolute atomic E-state index is 0.295. The molecule has 1 fully saturated rings. The monoisotopic (exact) mass is 214 g/mol. The lowest BCUT2D eigenvalue weighted by molar-refractivity contribution is 0.163. The van der Waals surface area contributed by atoms with E-state index in [1.54, 1.807) is 0 Å². The van der Waals surface area contributed by atoms with Crippen LogP contribution >= 0.6 is 0 Å². The summed E-state index contributed by atoms with van der Waals surface area (Å²) in [4.78, 5) is 2.42. The van der Waals surface area contributed by atoms with Gasteiger partial charge in [-0.1, -0.05) is 13.3 Å². The van der Waals surface area contributed by atoms with Crippen molar-refractivity contribution >= 4 is 0 Å². The molecule has 90 valence electrons. The Kier molecular flexibility index (Phi) is 6.98. The number of aliphatic hydroxyl groups is 1. The summed E-state index contributed by atoms with van der Waals surface area (Å²) in [5, 5.41) is 12.5. The minimum atomic E-state index is 0.295. The predicted molar refractivity (Wildman–Crippen MR) is 64.0 cm³/mol. The fraction of sp³-hybridized carbons (Fsp3) is 1.00. The quantitative estimate of drug-likeness (QED) is 0.666. The zero-order valence-electron chi connectivity index (χ0n) is 10.0. The number of rotatable bonds is 7. The zero-order valence-corrected chi connectivity index (χ0v) is 10.0. The number of unbranched alkanes of at least 4 members (excludes halogenated alkanes) is 1. The van der Waals surface area contributed by atoms with Crippen molar-refractivity contribution in [2.75, 3.05) is 39.3 Å².